The Bertz CT molecular complexity index is 1100. The molecule has 2 atom stereocenters. The molecule has 0 spiro atoms. The first-order valence-corrected chi connectivity index (χ1v) is 11.0. The number of sulfonamides is 1. The molecule has 3 aliphatic heterocycles. The molecule has 9 nitrogen and oxygen atoms in total. The molecule has 1 aromatic heterocycles. The molecular weight excluding hydrogens is 413 g/mol. The number of amides is 1. The Morgan fingerprint density at radius 3 is 2.60 bits per heavy atom. The van der Waals surface area contributed by atoms with Gasteiger partial charge in [0.25, 0.3) is 5.91 Å². The second-order valence-corrected chi connectivity index (χ2v) is 9.16. The number of rotatable bonds is 6. The number of aryl methyl sites for hydroxylation is 1. The number of hydrogen-bond donors (Lipinski definition) is 1. The van der Waals surface area contributed by atoms with Gasteiger partial charge in [0.2, 0.25) is 10.0 Å². The van der Waals surface area contributed by atoms with E-state index in [9.17, 15) is 17.6 Å². The van der Waals surface area contributed by atoms with Gasteiger partial charge in [-0.2, -0.15) is 4.31 Å². The van der Waals surface area contributed by atoms with E-state index in [1.54, 1.807) is 4.90 Å². The summed E-state index contributed by atoms with van der Waals surface area (Å²) in [5.41, 5.74) is 5.69. The van der Waals surface area contributed by atoms with Gasteiger partial charge in [-0.1, -0.05) is 6.92 Å². The zero-order valence-electron chi connectivity index (χ0n) is 16.6. The maximum absolute atomic E-state index is 14.6. The number of hydrogen-bond acceptors (Lipinski definition) is 7. The molecule has 2 bridgehead atoms. The van der Waals surface area contributed by atoms with Gasteiger partial charge in [-0.3, -0.25) is 4.79 Å². The van der Waals surface area contributed by atoms with Crippen LogP contribution in [0.3, 0.4) is 0 Å². The number of anilines is 1. The molecule has 0 radical (unpaired) electrons. The molecule has 3 aliphatic rings. The SMILES string of the molecule is CCc1ncnc(N2CC3CC(C2)N3S(=O)(=O)c2ccc(OC)c(C(N)=O)c2)c1F. The first kappa shape index (κ1) is 20.5. The number of nitrogens with two attached hydrogens (primary N) is 1. The molecule has 1 amide bonds. The maximum Gasteiger partial charge on any atom is 0.252 e. The van der Waals surface area contributed by atoms with Gasteiger partial charge in [0, 0.05) is 25.2 Å². The number of nitrogens with zero attached hydrogens (tertiary/aromatic N) is 4. The molecule has 0 aliphatic carbocycles. The van der Waals surface area contributed by atoms with E-state index in [4.69, 9.17) is 10.5 Å². The highest BCUT2D eigenvalue weighted by molar-refractivity contribution is 7.89. The van der Waals surface area contributed by atoms with Gasteiger partial charge in [0.05, 0.1) is 23.3 Å². The minimum absolute atomic E-state index is 0.000959. The second-order valence-electron chi connectivity index (χ2n) is 7.32. The fourth-order valence-corrected chi connectivity index (χ4v) is 6.01. The predicted molar refractivity (Wildman–Crippen MR) is 106 cm³/mol. The first-order chi connectivity index (χ1) is 14.3. The fraction of sp³-hybridized carbons (Fsp3) is 0.421. The summed E-state index contributed by atoms with van der Waals surface area (Å²) in [5, 5.41) is 0. The standard InChI is InChI=1S/C19H22FN5O4S/c1-3-15-17(20)19(23-10-22-15)24-8-11-6-12(9-24)25(11)30(27,28)13-4-5-16(29-2)14(7-13)18(21)26/h4-5,7,10-12H,3,6,8-9H2,1-2H3,(H2,21,26). The van der Waals surface area contributed by atoms with Crippen LogP contribution in [-0.2, 0) is 16.4 Å². The van der Waals surface area contributed by atoms with Crippen LogP contribution in [0.2, 0.25) is 0 Å². The van der Waals surface area contributed by atoms with Crippen molar-refractivity contribution in [2.45, 2.75) is 36.7 Å². The maximum atomic E-state index is 14.6. The number of piperidine rings is 1. The van der Waals surface area contributed by atoms with E-state index < -0.39 is 21.7 Å². The predicted octanol–water partition coefficient (Wildman–Crippen LogP) is 0.937. The molecule has 5 rings (SSSR count). The van der Waals surface area contributed by atoms with Gasteiger partial charge in [0.1, 0.15) is 12.1 Å². The number of ether oxygens (including phenoxy) is 1. The van der Waals surface area contributed by atoms with Gasteiger partial charge in [-0.05, 0) is 31.0 Å². The van der Waals surface area contributed by atoms with E-state index in [-0.39, 0.29) is 34.1 Å². The molecule has 3 fully saturated rings. The van der Waals surface area contributed by atoms with Crippen LogP contribution in [0.15, 0.2) is 29.4 Å². The van der Waals surface area contributed by atoms with Crippen molar-refractivity contribution in [3.05, 3.63) is 41.6 Å². The molecule has 30 heavy (non-hydrogen) atoms. The first-order valence-electron chi connectivity index (χ1n) is 9.53. The summed E-state index contributed by atoms with van der Waals surface area (Å²) in [6.45, 7) is 2.46. The molecule has 2 unspecified atom stereocenters. The smallest absolute Gasteiger partial charge is 0.252 e. The number of piperazine rings is 1. The Hall–Kier alpha value is -2.79. The lowest BCUT2D eigenvalue weighted by molar-refractivity contribution is 0.0870. The number of carbonyl (C=O) groups is 1. The van der Waals surface area contributed by atoms with E-state index in [1.807, 2.05) is 6.92 Å². The summed E-state index contributed by atoms with van der Waals surface area (Å²) < 4.78 is 47.6. The Kier molecular flexibility index (Phi) is 5.10. The number of halogens is 1. The molecular formula is C19H22FN5O4S. The minimum atomic E-state index is -3.85. The summed E-state index contributed by atoms with van der Waals surface area (Å²) in [6.07, 6.45) is 2.46. The highest BCUT2D eigenvalue weighted by atomic mass is 32.2. The number of fused-ring (bicyclic) bond motifs is 2. The van der Waals surface area contributed by atoms with Crippen molar-refractivity contribution in [2.75, 3.05) is 25.1 Å². The zero-order chi connectivity index (χ0) is 21.6. The lowest BCUT2D eigenvalue weighted by atomic mass is 9.91. The zero-order valence-corrected chi connectivity index (χ0v) is 17.4. The average molecular weight is 435 g/mol. The van der Waals surface area contributed by atoms with E-state index >= 15 is 0 Å². The Balaban J connectivity index is 1.60. The minimum Gasteiger partial charge on any atom is -0.496 e. The van der Waals surface area contributed by atoms with Gasteiger partial charge < -0.3 is 15.4 Å². The highest BCUT2D eigenvalue weighted by Gasteiger charge is 2.51. The number of methoxy groups -OCH3 is 1. The van der Waals surface area contributed by atoms with Crippen molar-refractivity contribution in [1.82, 2.24) is 14.3 Å². The largest absolute Gasteiger partial charge is 0.496 e. The lowest BCUT2D eigenvalue weighted by Crippen LogP contribution is -2.70. The highest BCUT2D eigenvalue weighted by Crippen LogP contribution is 2.39. The molecule has 0 saturated carbocycles. The van der Waals surface area contributed by atoms with Crippen LogP contribution in [0.25, 0.3) is 0 Å². The summed E-state index contributed by atoms with van der Waals surface area (Å²) in [6, 6.07) is 3.42. The molecule has 11 heteroatoms. The van der Waals surface area contributed by atoms with Crippen LogP contribution in [0.4, 0.5) is 10.2 Å². The van der Waals surface area contributed by atoms with Crippen molar-refractivity contribution in [2.24, 2.45) is 5.73 Å². The van der Waals surface area contributed by atoms with Crippen LogP contribution in [0.5, 0.6) is 5.75 Å². The van der Waals surface area contributed by atoms with Crippen molar-refractivity contribution >= 4 is 21.7 Å². The van der Waals surface area contributed by atoms with Crippen molar-refractivity contribution in [1.29, 1.82) is 0 Å². The van der Waals surface area contributed by atoms with E-state index in [0.717, 1.165) is 0 Å². The molecule has 160 valence electrons. The number of aromatic nitrogens is 2. The Labute approximate surface area is 173 Å². The molecule has 1 aromatic carbocycles. The molecule has 3 saturated heterocycles. The topological polar surface area (TPSA) is 119 Å². The second kappa shape index (κ2) is 7.47. The van der Waals surface area contributed by atoms with Gasteiger partial charge in [-0.15, -0.1) is 0 Å². The molecule has 2 N–H and O–H groups in total. The van der Waals surface area contributed by atoms with Crippen LogP contribution in [0.1, 0.15) is 29.4 Å². The Morgan fingerprint density at radius 1 is 1.30 bits per heavy atom. The number of benzene rings is 1. The van der Waals surface area contributed by atoms with Crippen LogP contribution in [0, 0.1) is 5.82 Å². The van der Waals surface area contributed by atoms with Gasteiger partial charge in [0.15, 0.2) is 11.6 Å². The summed E-state index contributed by atoms with van der Waals surface area (Å²) in [5.74, 6) is -0.821. The lowest BCUT2D eigenvalue weighted by Gasteiger charge is -2.55. The Morgan fingerprint density at radius 2 is 2.00 bits per heavy atom. The van der Waals surface area contributed by atoms with Crippen LogP contribution < -0.4 is 15.4 Å². The van der Waals surface area contributed by atoms with Crippen LogP contribution in [-0.4, -0.2) is 60.9 Å². The van der Waals surface area contributed by atoms with E-state index in [0.29, 0.717) is 31.6 Å². The van der Waals surface area contributed by atoms with Crippen molar-refractivity contribution in [3.63, 3.8) is 0 Å². The summed E-state index contributed by atoms with van der Waals surface area (Å²) in [7, 11) is -2.48. The number of primary amides is 1. The normalized spacial score (nSPS) is 21.2. The van der Waals surface area contributed by atoms with Gasteiger partial charge >= 0.3 is 0 Å². The third-order valence-corrected chi connectivity index (χ3v) is 7.62. The monoisotopic (exact) mass is 435 g/mol. The average Bonchev–Trinajstić information content (AvgIpc) is 2.73. The number of carbonyl (C=O) groups excluding carboxylic acids is 1. The third kappa shape index (κ3) is 3.18. The van der Waals surface area contributed by atoms with Crippen LogP contribution >= 0.6 is 0 Å². The molecule has 4 heterocycles. The van der Waals surface area contributed by atoms with Crippen molar-refractivity contribution < 1.29 is 22.3 Å². The third-order valence-electron chi connectivity index (χ3n) is 5.62. The summed E-state index contributed by atoms with van der Waals surface area (Å²) in [4.78, 5) is 21.4. The summed E-state index contributed by atoms with van der Waals surface area (Å²) >= 11 is 0. The fourth-order valence-electron chi connectivity index (χ4n) is 4.17. The quantitative estimate of drug-likeness (QED) is 0.717. The van der Waals surface area contributed by atoms with Crippen molar-refractivity contribution in [3.8, 4) is 5.75 Å². The van der Waals surface area contributed by atoms with E-state index in [2.05, 4.69) is 9.97 Å². The molecule has 2 aromatic rings. The van der Waals surface area contributed by atoms with E-state index in [1.165, 1.54) is 35.9 Å². The van der Waals surface area contributed by atoms with Gasteiger partial charge in [-0.25, -0.2) is 22.8 Å².